The molecule has 0 rings (SSSR count). The number of rotatable bonds is 19. The molecule has 0 N–H and O–H groups in total. The summed E-state index contributed by atoms with van der Waals surface area (Å²) in [5, 5.41) is 0. The summed E-state index contributed by atoms with van der Waals surface area (Å²) in [7, 11) is 4.51. The van der Waals surface area contributed by atoms with Crippen LogP contribution in [-0.4, -0.2) is 25.0 Å². The zero-order chi connectivity index (χ0) is 19.3. The van der Waals surface area contributed by atoms with Gasteiger partial charge < -0.3 is 4.90 Å². The third-order valence-electron chi connectivity index (χ3n) is 5.36. The van der Waals surface area contributed by atoms with Crippen LogP contribution in [0.1, 0.15) is 117 Å². The average Bonchev–Trinajstić information content (AvgIpc) is 2.63. The molecule has 0 fully saturated rings. The number of unbranched alkanes of at least 4 members (excludes halogenated alkanes) is 10. The van der Waals surface area contributed by atoms with E-state index in [0.717, 1.165) is 12.5 Å². The van der Waals surface area contributed by atoms with Gasteiger partial charge in [0.05, 0.1) is 0 Å². The van der Waals surface area contributed by atoms with Gasteiger partial charge in [0.2, 0.25) is 0 Å². The molecule has 0 spiro atoms. The van der Waals surface area contributed by atoms with Crippen LogP contribution >= 0.6 is 0 Å². The summed E-state index contributed by atoms with van der Waals surface area (Å²) in [6.07, 6.45) is 31.0. The fourth-order valence-electron chi connectivity index (χ4n) is 3.48. The standard InChI is InChI=1S/C25H49N/c1-5-7-9-10-11-12-13-14-15-16-17-18-19-20-22-24-25(26(3)4)23-21-8-6-2/h11-12,14-15,25H,5-10,13,16-24H2,1-4H3/b12-11-,15-14-. The molecule has 0 aliphatic heterocycles. The summed E-state index contributed by atoms with van der Waals surface area (Å²) in [5.41, 5.74) is 0. The zero-order valence-corrected chi connectivity index (χ0v) is 18.6. The van der Waals surface area contributed by atoms with Crippen LogP contribution in [0.5, 0.6) is 0 Å². The van der Waals surface area contributed by atoms with Gasteiger partial charge in [0.15, 0.2) is 0 Å². The molecule has 0 radical (unpaired) electrons. The molecule has 0 aromatic carbocycles. The lowest BCUT2D eigenvalue weighted by Crippen LogP contribution is -2.27. The predicted octanol–water partition coefficient (Wildman–Crippen LogP) is 8.31. The first-order valence-electron chi connectivity index (χ1n) is 11.7. The van der Waals surface area contributed by atoms with Gasteiger partial charge in [0.1, 0.15) is 0 Å². The molecular formula is C25H49N. The van der Waals surface area contributed by atoms with E-state index in [2.05, 4.69) is 57.1 Å². The Labute approximate surface area is 166 Å². The monoisotopic (exact) mass is 363 g/mol. The van der Waals surface area contributed by atoms with E-state index in [9.17, 15) is 0 Å². The van der Waals surface area contributed by atoms with Crippen molar-refractivity contribution in [1.29, 1.82) is 0 Å². The number of allylic oxidation sites excluding steroid dienone is 4. The molecular weight excluding hydrogens is 314 g/mol. The van der Waals surface area contributed by atoms with E-state index in [-0.39, 0.29) is 0 Å². The topological polar surface area (TPSA) is 3.24 Å². The molecule has 0 heterocycles. The molecule has 154 valence electrons. The second-order valence-corrected chi connectivity index (χ2v) is 8.13. The number of hydrogen-bond acceptors (Lipinski definition) is 1. The van der Waals surface area contributed by atoms with E-state index < -0.39 is 0 Å². The molecule has 1 nitrogen and oxygen atoms in total. The van der Waals surface area contributed by atoms with Crippen molar-refractivity contribution in [1.82, 2.24) is 4.90 Å². The Morgan fingerprint density at radius 3 is 1.62 bits per heavy atom. The molecule has 0 aromatic rings. The predicted molar refractivity (Wildman–Crippen MR) is 121 cm³/mol. The minimum atomic E-state index is 0.805. The molecule has 1 unspecified atom stereocenters. The van der Waals surface area contributed by atoms with Gasteiger partial charge in [-0.3, -0.25) is 0 Å². The lowest BCUT2D eigenvalue weighted by atomic mass is 10.00. The first-order valence-corrected chi connectivity index (χ1v) is 11.7. The average molecular weight is 364 g/mol. The van der Waals surface area contributed by atoms with Crippen LogP contribution < -0.4 is 0 Å². The molecule has 0 saturated heterocycles. The largest absolute Gasteiger partial charge is 0.306 e. The number of nitrogens with zero attached hydrogens (tertiary/aromatic N) is 1. The van der Waals surface area contributed by atoms with Crippen molar-refractivity contribution in [3.8, 4) is 0 Å². The fraction of sp³-hybridized carbons (Fsp3) is 0.840. The molecule has 0 aromatic heterocycles. The SMILES string of the molecule is CCCCC/C=C\C/C=C\CCCCCCCC(CCCCC)N(C)C. The van der Waals surface area contributed by atoms with Crippen LogP contribution in [-0.2, 0) is 0 Å². The minimum absolute atomic E-state index is 0.805. The van der Waals surface area contributed by atoms with Crippen LogP contribution in [0.3, 0.4) is 0 Å². The zero-order valence-electron chi connectivity index (χ0n) is 18.6. The van der Waals surface area contributed by atoms with Gasteiger partial charge in [0.25, 0.3) is 0 Å². The smallest absolute Gasteiger partial charge is 0.00891 e. The molecule has 1 atom stereocenters. The van der Waals surface area contributed by atoms with E-state index in [1.54, 1.807) is 0 Å². The molecule has 0 amide bonds. The molecule has 0 saturated carbocycles. The van der Waals surface area contributed by atoms with Crippen LogP contribution in [0.25, 0.3) is 0 Å². The van der Waals surface area contributed by atoms with Gasteiger partial charge in [0, 0.05) is 6.04 Å². The summed E-state index contributed by atoms with van der Waals surface area (Å²) in [6.45, 7) is 4.56. The summed E-state index contributed by atoms with van der Waals surface area (Å²) in [4.78, 5) is 2.44. The van der Waals surface area contributed by atoms with E-state index in [1.807, 2.05) is 0 Å². The summed E-state index contributed by atoms with van der Waals surface area (Å²) >= 11 is 0. The Morgan fingerprint density at radius 2 is 1.04 bits per heavy atom. The van der Waals surface area contributed by atoms with E-state index in [0.29, 0.717) is 0 Å². The Balaban J connectivity index is 3.44. The van der Waals surface area contributed by atoms with Gasteiger partial charge >= 0.3 is 0 Å². The molecule has 0 aliphatic rings. The maximum atomic E-state index is 2.44. The van der Waals surface area contributed by atoms with Crippen molar-refractivity contribution < 1.29 is 0 Å². The van der Waals surface area contributed by atoms with Crippen molar-refractivity contribution in [3.63, 3.8) is 0 Å². The second kappa shape index (κ2) is 20.7. The molecule has 1 heteroatoms. The Bertz CT molecular complexity index is 316. The highest BCUT2D eigenvalue weighted by molar-refractivity contribution is 4.92. The van der Waals surface area contributed by atoms with Gasteiger partial charge in [-0.15, -0.1) is 0 Å². The lowest BCUT2D eigenvalue weighted by Gasteiger charge is -2.24. The lowest BCUT2D eigenvalue weighted by molar-refractivity contribution is 0.252. The van der Waals surface area contributed by atoms with Crippen LogP contribution in [0.4, 0.5) is 0 Å². The summed E-state index contributed by atoms with van der Waals surface area (Å²) in [6, 6.07) is 0.805. The Hall–Kier alpha value is -0.560. The maximum Gasteiger partial charge on any atom is 0.00891 e. The highest BCUT2D eigenvalue weighted by Crippen LogP contribution is 2.16. The van der Waals surface area contributed by atoms with Gasteiger partial charge in [-0.05, 0) is 59.0 Å². The fourth-order valence-corrected chi connectivity index (χ4v) is 3.48. The third kappa shape index (κ3) is 18.2. The molecule has 0 aliphatic carbocycles. The number of hydrogen-bond donors (Lipinski definition) is 0. The van der Waals surface area contributed by atoms with Crippen molar-refractivity contribution in [2.75, 3.05) is 14.1 Å². The summed E-state index contributed by atoms with van der Waals surface area (Å²) in [5.74, 6) is 0. The van der Waals surface area contributed by atoms with Crippen molar-refractivity contribution >= 4 is 0 Å². The van der Waals surface area contributed by atoms with Crippen molar-refractivity contribution in [3.05, 3.63) is 24.3 Å². The highest BCUT2D eigenvalue weighted by atomic mass is 15.1. The van der Waals surface area contributed by atoms with E-state index in [4.69, 9.17) is 0 Å². The Kier molecular flexibility index (Phi) is 20.3. The molecule has 26 heavy (non-hydrogen) atoms. The first-order chi connectivity index (χ1) is 12.7. The van der Waals surface area contributed by atoms with E-state index >= 15 is 0 Å². The van der Waals surface area contributed by atoms with Crippen molar-refractivity contribution in [2.24, 2.45) is 0 Å². The van der Waals surface area contributed by atoms with E-state index in [1.165, 1.54) is 96.3 Å². The first kappa shape index (κ1) is 25.4. The Morgan fingerprint density at radius 1 is 0.577 bits per heavy atom. The summed E-state index contributed by atoms with van der Waals surface area (Å²) < 4.78 is 0. The van der Waals surface area contributed by atoms with Crippen LogP contribution in [0, 0.1) is 0 Å². The quantitative estimate of drug-likeness (QED) is 0.165. The normalized spacial score (nSPS) is 13.4. The van der Waals surface area contributed by atoms with Gasteiger partial charge in [-0.25, -0.2) is 0 Å². The minimum Gasteiger partial charge on any atom is -0.306 e. The van der Waals surface area contributed by atoms with Gasteiger partial charge in [-0.1, -0.05) is 95.9 Å². The maximum absolute atomic E-state index is 2.44. The van der Waals surface area contributed by atoms with Gasteiger partial charge in [-0.2, -0.15) is 0 Å². The molecule has 0 bridgehead atoms. The van der Waals surface area contributed by atoms with Crippen LogP contribution in [0.15, 0.2) is 24.3 Å². The third-order valence-corrected chi connectivity index (χ3v) is 5.36. The second-order valence-electron chi connectivity index (χ2n) is 8.13. The van der Waals surface area contributed by atoms with Crippen molar-refractivity contribution in [2.45, 2.75) is 123 Å². The van der Waals surface area contributed by atoms with Crippen LogP contribution in [0.2, 0.25) is 0 Å². The highest BCUT2D eigenvalue weighted by Gasteiger charge is 2.10.